The molecule has 8 heteroatoms. The Morgan fingerprint density at radius 3 is 2.41 bits per heavy atom. The van der Waals surface area contributed by atoms with Crippen LogP contribution < -0.4 is 10.6 Å². The van der Waals surface area contributed by atoms with Gasteiger partial charge in [0, 0.05) is 39.1 Å². The number of unbranched alkanes of at least 4 members (excludes halogenated alkanes) is 1. The molecule has 0 bridgehead atoms. The van der Waals surface area contributed by atoms with Gasteiger partial charge in [-0.2, -0.15) is 0 Å². The van der Waals surface area contributed by atoms with Gasteiger partial charge in [0.15, 0.2) is 0 Å². The van der Waals surface area contributed by atoms with E-state index in [4.69, 9.17) is 0 Å². The Labute approximate surface area is 171 Å². The summed E-state index contributed by atoms with van der Waals surface area (Å²) in [7, 11) is 1.84. The zero-order chi connectivity index (χ0) is 21.2. The van der Waals surface area contributed by atoms with E-state index in [-0.39, 0.29) is 36.6 Å². The minimum absolute atomic E-state index is 0.0344. The van der Waals surface area contributed by atoms with E-state index in [0.717, 1.165) is 24.9 Å². The van der Waals surface area contributed by atoms with E-state index in [1.807, 2.05) is 7.05 Å². The van der Waals surface area contributed by atoms with Crippen LogP contribution in [0.4, 0.5) is 9.18 Å². The summed E-state index contributed by atoms with van der Waals surface area (Å²) in [6.45, 7) is 4.07. The molecule has 1 aromatic rings. The fourth-order valence-electron chi connectivity index (χ4n) is 3.31. The van der Waals surface area contributed by atoms with Crippen molar-refractivity contribution in [3.8, 4) is 0 Å². The second-order valence-corrected chi connectivity index (χ2v) is 7.43. The molecule has 1 aliphatic heterocycles. The number of piperidine rings is 1. The van der Waals surface area contributed by atoms with Crippen molar-refractivity contribution in [1.29, 1.82) is 0 Å². The smallest absolute Gasteiger partial charge is 0.315 e. The van der Waals surface area contributed by atoms with Gasteiger partial charge in [0.05, 0.1) is 6.54 Å². The molecule has 1 aromatic carbocycles. The number of nitrogens with zero attached hydrogens (tertiary/aromatic N) is 2. The highest BCUT2D eigenvalue weighted by Gasteiger charge is 2.28. The molecule has 2 N–H and O–H groups in total. The Kier molecular flexibility index (Phi) is 8.89. The highest BCUT2D eigenvalue weighted by molar-refractivity contribution is 5.84. The van der Waals surface area contributed by atoms with Gasteiger partial charge in [-0.1, -0.05) is 25.5 Å². The molecule has 1 heterocycles. The van der Waals surface area contributed by atoms with Crippen LogP contribution in [0.3, 0.4) is 0 Å². The summed E-state index contributed by atoms with van der Waals surface area (Å²) in [4.78, 5) is 40.1. The fourth-order valence-corrected chi connectivity index (χ4v) is 3.31. The van der Waals surface area contributed by atoms with Crippen molar-refractivity contribution in [2.75, 3.05) is 33.2 Å². The van der Waals surface area contributed by atoms with Crippen LogP contribution in [0.1, 0.15) is 38.2 Å². The molecule has 0 spiro atoms. The largest absolute Gasteiger partial charge is 0.346 e. The molecule has 0 unspecified atom stereocenters. The average molecular weight is 407 g/mol. The van der Waals surface area contributed by atoms with Gasteiger partial charge >= 0.3 is 6.03 Å². The summed E-state index contributed by atoms with van der Waals surface area (Å²) in [5, 5.41) is 5.18. The standard InChI is InChI=1S/C21H31FN4O3/c1-3-4-11-25(2)20(28)17-9-12-26(13-10-17)19(27)15-24-21(29)23-14-16-5-7-18(22)8-6-16/h5-8,17H,3-4,9-15H2,1-2H3,(H2,23,24,29). The summed E-state index contributed by atoms with van der Waals surface area (Å²) in [5.74, 6) is -0.370. The molecule has 0 atom stereocenters. The zero-order valence-electron chi connectivity index (χ0n) is 17.2. The maximum Gasteiger partial charge on any atom is 0.315 e. The molecular weight excluding hydrogens is 375 g/mol. The maximum atomic E-state index is 12.9. The maximum absolute atomic E-state index is 12.9. The highest BCUT2D eigenvalue weighted by Crippen LogP contribution is 2.19. The van der Waals surface area contributed by atoms with Crippen LogP contribution in [0.2, 0.25) is 0 Å². The number of rotatable bonds is 8. The third-order valence-corrected chi connectivity index (χ3v) is 5.19. The molecule has 1 fully saturated rings. The van der Waals surface area contributed by atoms with Gasteiger partial charge in [0.2, 0.25) is 11.8 Å². The molecule has 29 heavy (non-hydrogen) atoms. The fraction of sp³-hybridized carbons (Fsp3) is 0.571. The number of likely N-dealkylation sites (tertiary alicyclic amines) is 1. The average Bonchev–Trinajstić information content (AvgIpc) is 2.74. The van der Waals surface area contributed by atoms with Crippen molar-refractivity contribution in [3.05, 3.63) is 35.6 Å². The second kappa shape index (κ2) is 11.4. The van der Waals surface area contributed by atoms with Crippen molar-refractivity contribution in [3.63, 3.8) is 0 Å². The van der Waals surface area contributed by atoms with Crippen molar-refractivity contribution in [1.82, 2.24) is 20.4 Å². The first-order valence-electron chi connectivity index (χ1n) is 10.2. The lowest BCUT2D eigenvalue weighted by Gasteiger charge is -2.33. The van der Waals surface area contributed by atoms with Crippen LogP contribution in [0, 0.1) is 11.7 Å². The molecule has 1 saturated heterocycles. The third kappa shape index (κ3) is 7.36. The summed E-state index contributed by atoms with van der Waals surface area (Å²) >= 11 is 0. The molecular formula is C21H31FN4O3. The summed E-state index contributed by atoms with van der Waals surface area (Å²) in [6.07, 6.45) is 3.35. The number of nitrogens with one attached hydrogen (secondary N) is 2. The molecule has 4 amide bonds. The normalized spacial score (nSPS) is 14.4. The molecule has 160 valence electrons. The van der Waals surface area contributed by atoms with E-state index in [9.17, 15) is 18.8 Å². The van der Waals surface area contributed by atoms with Gasteiger partial charge in [0.1, 0.15) is 5.82 Å². The van der Waals surface area contributed by atoms with Gasteiger partial charge < -0.3 is 20.4 Å². The number of benzene rings is 1. The van der Waals surface area contributed by atoms with Crippen LogP contribution >= 0.6 is 0 Å². The van der Waals surface area contributed by atoms with Gasteiger partial charge in [-0.3, -0.25) is 9.59 Å². The third-order valence-electron chi connectivity index (χ3n) is 5.19. The van der Waals surface area contributed by atoms with Gasteiger partial charge in [-0.25, -0.2) is 9.18 Å². The van der Waals surface area contributed by atoms with E-state index in [1.54, 1.807) is 21.9 Å². The molecule has 1 aliphatic rings. The van der Waals surface area contributed by atoms with Crippen molar-refractivity contribution >= 4 is 17.8 Å². The molecule has 0 saturated carbocycles. The first-order valence-corrected chi connectivity index (χ1v) is 10.2. The lowest BCUT2D eigenvalue weighted by Crippen LogP contribution is -2.48. The number of hydrogen-bond donors (Lipinski definition) is 2. The Balaban J connectivity index is 1.66. The van der Waals surface area contributed by atoms with Crippen LogP contribution in [0.25, 0.3) is 0 Å². The first kappa shape index (κ1) is 22.6. The van der Waals surface area contributed by atoms with Crippen molar-refractivity contribution in [2.24, 2.45) is 5.92 Å². The topological polar surface area (TPSA) is 81.8 Å². The lowest BCUT2D eigenvalue weighted by atomic mass is 9.95. The van der Waals surface area contributed by atoms with E-state index < -0.39 is 6.03 Å². The number of carbonyl (C=O) groups excluding carboxylic acids is 3. The SMILES string of the molecule is CCCCN(C)C(=O)C1CCN(C(=O)CNC(=O)NCc2ccc(F)cc2)CC1. The number of carbonyl (C=O) groups is 3. The Morgan fingerprint density at radius 1 is 1.14 bits per heavy atom. The van der Waals surface area contributed by atoms with Crippen LogP contribution in [0.5, 0.6) is 0 Å². The predicted octanol–water partition coefficient (Wildman–Crippen LogP) is 2.12. The Morgan fingerprint density at radius 2 is 1.79 bits per heavy atom. The molecule has 0 aliphatic carbocycles. The minimum Gasteiger partial charge on any atom is -0.346 e. The van der Waals surface area contributed by atoms with E-state index in [1.165, 1.54) is 12.1 Å². The van der Waals surface area contributed by atoms with Crippen molar-refractivity contribution in [2.45, 2.75) is 39.2 Å². The molecule has 7 nitrogen and oxygen atoms in total. The van der Waals surface area contributed by atoms with Crippen LogP contribution in [0.15, 0.2) is 24.3 Å². The number of halogens is 1. The highest BCUT2D eigenvalue weighted by atomic mass is 19.1. The van der Waals surface area contributed by atoms with Crippen LogP contribution in [-0.2, 0) is 16.1 Å². The summed E-state index contributed by atoms with van der Waals surface area (Å²) in [6, 6.07) is 5.38. The quantitative estimate of drug-likeness (QED) is 0.694. The molecule has 0 aromatic heterocycles. The number of hydrogen-bond acceptors (Lipinski definition) is 3. The zero-order valence-corrected chi connectivity index (χ0v) is 17.2. The number of amides is 4. The second-order valence-electron chi connectivity index (χ2n) is 7.43. The van der Waals surface area contributed by atoms with E-state index in [0.29, 0.717) is 25.9 Å². The van der Waals surface area contributed by atoms with E-state index in [2.05, 4.69) is 17.6 Å². The van der Waals surface area contributed by atoms with Gasteiger partial charge in [-0.05, 0) is 37.0 Å². The lowest BCUT2D eigenvalue weighted by molar-refractivity contribution is -0.139. The Bertz CT molecular complexity index is 688. The number of urea groups is 1. The molecule has 0 radical (unpaired) electrons. The monoisotopic (exact) mass is 406 g/mol. The van der Waals surface area contributed by atoms with E-state index >= 15 is 0 Å². The van der Waals surface area contributed by atoms with Crippen LogP contribution in [-0.4, -0.2) is 60.9 Å². The summed E-state index contributed by atoms with van der Waals surface area (Å²) in [5.41, 5.74) is 0.767. The van der Waals surface area contributed by atoms with Gasteiger partial charge in [0.25, 0.3) is 0 Å². The molecule has 2 rings (SSSR count). The summed E-state index contributed by atoms with van der Waals surface area (Å²) < 4.78 is 12.9. The first-order chi connectivity index (χ1) is 13.9. The van der Waals surface area contributed by atoms with Gasteiger partial charge in [-0.15, -0.1) is 0 Å². The van der Waals surface area contributed by atoms with Crippen molar-refractivity contribution < 1.29 is 18.8 Å². The minimum atomic E-state index is -0.453. The Hall–Kier alpha value is -2.64. The predicted molar refractivity (Wildman–Crippen MR) is 108 cm³/mol.